The first kappa shape index (κ1) is 22.3. The SMILES string of the molecule is Cc1ccc(NC(=O)CN(CC(C)C)c2c(N)n(CC(C)C)c(=O)[nH]c2=O)cc1. The molecule has 29 heavy (non-hydrogen) atoms. The van der Waals surface area contributed by atoms with Gasteiger partial charge in [-0.05, 0) is 30.9 Å². The zero-order chi connectivity index (χ0) is 21.7. The first-order valence-corrected chi connectivity index (χ1v) is 9.82. The lowest BCUT2D eigenvalue weighted by molar-refractivity contribution is -0.115. The van der Waals surface area contributed by atoms with Gasteiger partial charge in [0.05, 0.1) is 6.54 Å². The Kier molecular flexibility index (Phi) is 7.25. The quantitative estimate of drug-likeness (QED) is 0.627. The van der Waals surface area contributed by atoms with E-state index in [1.165, 1.54) is 4.57 Å². The van der Waals surface area contributed by atoms with E-state index in [4.69, 9.17) is 5.73 Å². The standard InChI is InChI=1S/C21H31N5O3/c1-13(2)10-25(12-17(27)23-16-8-6-15(5)7-9-16)18-19(22)26(11-14(3)4)21(29)24-20(18)28/h6-9,13-14H,10-12,22H2,1-5H3,(H,23,27)(H,24,28,29). The van der Waals surface area contributed by atoms with Crippen LogP contribution in [0.1, 0.15) is 33.3 Å². The third-order valence-corrected chi connectivity index (χ3v) is 4.33. The van der Waals surface area contributed by atoms with Gasteiger partial charge in [-0.3, -0.25) is 19.1 Å². The van der Waals surface area contributed by atoms with Crippen LogP contribution >= 0.6 is 0 Å². The van der Waals surface area contributed by atoms with Crippen LogP contribution in [-0.4, -0.2) is 28.5 Å². The van der Waals surface area contributed by atoms with Crippen LogP contribution in [0.15, 0.2) is 33.9 Å². The molecule has 0 saturated carbocycles. The molecule has 0 unspecified atom stereocenters. The Morgan fingerprint density at radius 3 is 2.31 bits per heavy atom. The van der Waals surface area contributed by atoms with E-state index in [1.54, 1.807) is 4.90 Å². The molecule has 1 aromatic heterocycles. The Morgan fingerprint density at radius 2 is 1.76 bits per heavy atom. The molecule has 8 nitrogen and oxygen atoms in total. The van der Waals surface area contributed by atoms with E-state index < -0.39 is 11.2 Å². The second-order valence-electron chi connectivity index (χ2n) is 8.19. The third kappa shape index (κ3) is 5.97. The van der Waals surface area contributed by atoms with Gasteiger partial charge in [0.2, 0.25) is 5.91 Å². The number of carbonyl (C=O) groups is 1. The Bertz CT molecular complexity index is 958. The molecule has 0 aliphatic rings. The van der Waals surface area contributed by atoms with Crippen LogP contribution in [0.25, 0.3) is 0 Å². The molecule has 2 rings (SSSR count). The fraction of sp³-hybridized carbons (Fsp3) is 0.476. The molecule has 4 N–H and O–H groups in total. The average Bonchev–Trinajstić information content (AvgIpc) is 2.59. The number of hydrogen-bond acceptors (Lipinski definition) is 5. The number of aromatic amines is 1. The molecule has 0 bridgehead atoms. The molecular formula is C21H31N5O3. The molecule has 0 fully saturated rings. The summed E-state index contributed by atoms with van der Waals surface area (Å²) in [6.07, 6.45) is 0. The monoisotopic (exact) mass is 401 g/mol. The fourth-order valence-corrected chi connectivity index (χ4v) is 3.12. The topological polar surface area (TPSA) is 113 Å². The highest BCUT2D eigenvalue weighted by Crippen LogP contribution is 2.19. The van der Waals surface area contributed by atoms with Crippen molar-refractivity contribution in [3.63, 3.8) is 0 Å². The maximum Gasteiger partial charge on any atom is 0.330 e. The number of nitrogen functional groups attached to an aromatic ring is 1. The molecule has 2 aromatic rings. The number of aromatic nitrogens is 2. The van der Waals surface area contributed by atoms with Gasteiger partial charge < -0.3 is 16.0 Å². The van der Waals surface area contributed by atoms with E-state index in [-0.39, 0.29) is 35.8 Å². The molecule has 0 aliphatic heterocycles. The highest BCUT2D eigenvalue weighted by atomic mass is 16.2. The van der Waals surface area contributed by atoms with Crippen molar-refractivity contribution in [2.75, 3.05) is 29.0 Å². The summed E-state index contributed by atoms with van der Waals surface area (Å²) in [4.78, 5) is 41.4. The van der Waals surface area contributed by atoms with Gasteiger partial charge in [0.25, 0.3) is 5.56 Å². The van der Waals surface area contributed by atoms with Crippen molar-refractivity contribution in [3.8, 4) is 0 Å². The molecule has 0 aliphatic carbocycles. The lowest BCUT2D eigenvalue weighted by atomic mass is 10.2. The molecule has 1 amide bonds. The third-order valence-electron chi connectivity index (χ3n) is 4.33. The van der Waals surface area contributed by atoms with Gasteiger partial charge >= 0.3 is 5.69 Å². The maximum absolute atomic E-state index is 12.6. The number of carbonyl (C=O) groups excluding carboxylic acids is 1. The van der Waals surface area contributed by atoms with Gasteiger partial charge in [-0.2, -0.15) is 0 Å². The van der Waals surface area contributed by atoms with Crippen LogP contribution in [0.5, 0.6) is 0 Å². The lowest BCUT2D eigenvalue weighted by Gasteiger charge is -2.27. The van der Waals surface area contributed by atoms with Gasteiger partial charge in [0, 0.05) is 18.8 Å². The van der Waals surface area contributed by atoms with Crippen LogP contribution in [-0.2, 0) is 11.3 Å². The number of hydrogen-bond donors (Lipinski definition) is 3. The molecule has 0 radical (unpaired) electrons. The van der Waals surface area contributed by atoms with Crippen molar-refractivity contribution in [3.05, 3.63) is 50.7 Å². The number of benzene rings is 1. The number of nitrogens with two attached hydrogens (primary N) is 1. The second-order valence-corrected chi connectivity index (χ2v) is 8.19. The molecule has 1 heterocycles. The van der Waals surface area contributed by atoms with Crippen molar-refractivity contribution in [2.24, 2.45) is 11.8 Å². The summed E-state index contributed by atoms with van der Waals surface area (Å²) in [5, 5.41) is 2.84. The van der Waals surface area contributed by atoms with Crippen molar-refractivity contribution >= 4 is 23.1 Å². The summed E-state index contributed by atoms with van der Waals surface area (Å²) in [5.41, 5.74) is 7.02. The predicted molar refractivity (Wildman–Crippen MR) is 117 cm³/mol. The van der Waals surface area contributed by atoms with Gasteiger partial charge in [-0.15, -0.1) is 0 Å². The van der Waals surface area contributed by atoms with Crippen LogP contribution in [0, 0.1) is 18.8 Å². The van der Waals surface area contributed by atoms with Gasteiger partial charge in [-0.25, -0.2) is 4.79 Å². The van der Waals surface area contributed by atoms with Crippen molar-refractivity contribution < 1.29 is 4.79 Å². The molecule has 8 heteroatoms. The van der Waals surface area contributed by atoms with Crippen molar-refractivity contribution in [1.29, 1.82) is 0 Å². The van der Waals surface area contributed by atoms with E-state index in [0.717, 1.165) is 5.56 Å². The van der Waals surface area contributed by atoms with E-state index in [1.807, 2.05) is 58.9 Å². The Morgan fingerprint density at radius 1 is 1.14 bits per heavy atom. The normalized spacial score (nSPS) is 11.1. The van der Waals surface area contributed by atoms with Crippen molar-refractivity contribution in [1.82, 2.24) is 9.55 Å². The number of H-pyrrole nitrogens is 1. The number of nitrogens with one attached hydrogen (secondary N) is 2. The lowest BCUT2D eigenvalue weighted by Crippen LogP contribution is -2.43. The summed E-state index contributed by atoms with van der Waals surface area (Å²) in [5.74, 6) is 0.148. The Hall–Kier alpha value is -3.03. The second kappa shape index (κ2) is 9.45. The number of nitrogens with zero attached hydrogens (tertiary/aromatic N) is 2. The van der Waals surface area contributed by atoms with Crippen LogP contribution in [0.2, 0.25) is 0 Å². The minimum atomic E-state index is -0.587. The highest BCUT2D eigenvalue weighted by Gasteiger charge is 2.22. The molecule has 158 valence electrons. The van der Waals surface area contributed by atoms with Crippen LogP contribution < -0.4 is 27.2 Å². The predicted octanol–water partition coefficient (Wildman–Crippen LogP) is 2.18. The molecule has 1 aromatic carbocycles. The smallest absolute Gasteiger partial charge is 0.330 e. The molecule has 0 saturated heterocycles. The highest BCUT2D eigenvalue weighted by molar-refractivity contribution is 5.94. The number of anilines is 3. The number of rotatable bonds is 8. The summed E-state index contributed by atoms with van der Waals surface area (Å²) in [6, 6.07) is 7.46. The van der Waals surface area contributed by atoms with Gasteiger partial charge in [-0.1, -0.05) is 45.4 Å². The minimum absolute atomic E-state index is 0.0563. The van der Waals surface area contributed by atoms with E-state index in [9.17, 15) is 14.4 Å². The summed E-state index contributed by atoms with van der Waals surface area (Å²) in [6.45, 7) is 10.6. The Balaban J connectivity index is 2.36. The molecular weight excluding hydrogens is 370 g/mol. The molecule has 0 spiro atoms. The van der Waals surface area contributed by atoms with E-state index in [2.05, 4.69) is 10.3 Å². The number of aryl methyl sites for hydroxylation is 1. The number of amides is 1. The largest absolute Gasteiger partial charge is 0.383 e. The summed E-state index contributed by atoms with van der Waals surface area (Å²) >= 11 is 0. The Labute approximate surface area is 170 Å². The van der Waals surface area contributed by atoms with Gasteiger partial charge in [0.1, 0.15) is 11.5 Å². The first-order valence-electron chi connectivity index (χ1n) is 9.82. The van der Waals surface area contributed by atoms with Crippen molar-refractivity contribution in [2.45, 2.75) is 41.2 Å². The van der Waals surface area contributed by atoms with E-state index in [0.29, 0.717) is 18.8 Å². The average molecular weight is 402 g/mol. The first-order chi connectivity index (χ1) is 13.6. The summed E-state index contributed by atoms with van der Waals surface area (Å²) in [7, 11) is 0. The van der Waals surface area contributed by atoms with Crippen LogP contribution in [0.3, 0.4) is 0 Å². The summed E-state index contributed by atoms with van der Waals surface area (Å²) < 4.78 is 1.35. The zero-order valence-corrected chi connectivity index (χ0v) is 17.8. The minimum Gasteiger partial charge on any atom is -0.383 e. The van der Waals surface area contributed by atoms with Gasteiger partial charge in [0.15, 0.2) is 0 Å². The maximum atomic E-state index is 12.6. The fourth-order valence-electron chi connectivity index (χ4n) is 3.12. The van der Waals surface area contributed by atoms with E-state index >= 15 is 0 Å². The van der Waals surface area contributed by atoms with Crippen LogP contribution in [0.4, 0.5) is 17.2 Å². The molecule has 0 atom stereocenters. The zero-order valence-electron chi connectivity index (χ0n) is 17.8.